The Kier molecular flexibility index (Phi) is 3.49. The van der Waals surface area contributed by atoms with Crippen molar-refractivity contribution in [1.29, 1.82) is 0 Å². The molecule has 0 saturated heterocycles. The molecule has 1 aromatic heterocycles. The summed E-state index contributed by atoms with van der Waals surface area (Å²) < 4.78 is 1.91. The maximum atomic E-state index is 5.84. The van der Waals surface area contributed by atoms with Gasteiger partial charge in [0.1, 0.15) is 0 Å². The van der Waals surface area contributed by atoms with E-state index in [1.807, 2.05) is 4.68 Å². The molecule has 3 aromatic rings. The summed E-state index contributed by atoms with van der Waals surface area (Å²) in [6.45, 7) is 4.20. The highest BCUT2D eigenvalue weighted by Crippen LogP contribution is 2.38. The Bertz CT molecular complexity index is 848. The van der Waals surface area contributed by atoms with Gasteiger partial charge in [0.15, 0.2) is 0 Å². The Morgan fingerprint density at radius 1 is 0.958 bits per heavy atom. The largest absolute Gasteiger partial charge is 0.366 e. The van der Waals surface area contributed by atoms with Crippen LogP contribution in [-0.2, 0) is 0 Å². The SMILES string of the molecule is Cc1ccc([C@@H]2C[C@H](c3ccc(C)cc3)n3nc(N)nc3N2)cc1. The highest BCUT2D eigenvalue weighted by molar-refractivity contribution is 5.42. The average Bonchev–Trinajstić information content (AvgIpc) is 2.95. The van der Waals surface area contributed by atoms with E-state index in [2.05, 4.69) is 77.8 Å². The zero-order valence-corrected chi connectivity index (χ0v) is 13.9. The van der Waals surface area contributed by atoms with Crippen molar-refractivity contribution in [3.8, 4) is 0 Å². The smallest absolute Gasteiger partial charge is 0.241 e. The third kappa shape index (κ3) is 2.62. The molecule has 0 fully saturated rings. The first kappa shape index (κ1) is 14.8. The van der Waals surface area contributed by atoms with Crippen LogP contribution >= 0.6 is 0 Å². The van der Waals surface area contributed by atoms with Crippen LogP contribution in [0, 0.1) is 13.8 Å². The Morgan fingerprint density at radius 2 is 1.54 bits per heavy atom. The molecule has 5 nitrogen and oxygen atoms in total. The van der Waals surface area contributed by atoms with Crippen LogP contribution in [0.25, 0.3) is 0 Å². The number of anilines is 2. The van der Waals surface area contributed by atoms with E-state index >= 15 is 0 Å². The van der Waals surface area contributed by atoms with E-state index < -0.39 is 0 Å². The van der Waals surface area contributed by atoms with Crippen molar-refractivity contribution in [2.75, 3.05) is 11.1 Å². The number of aromatic nitrogens is 3. The van der Waals surface area contributed by atoms with Crippen molar-refractivity contribution >= 4 is 11.9 Å². The number of aryl methyl sites for hydroxylation is 2. The van der Waals surface area contributed by atoms with E-state index in [1.165, 1.54) is 22.3 Å². The van der Waals surface area contributed by atoms with Gasteiger partial charge in [0.2, 0.25) is 11.9 Å². The summed E-state index contributed by atoms with van der Waals surface area (Å²) in [6, 6.07) is 17.6. The van der Waals surface area contributed by atoms with Crippen molar-refractivity contribution in [1.82, 2.24) is 14.8 Å². The summed E-state index contributed by atoms with van der Waals surface area (Å²) in [5, 5.41) is 7.87. The van der Waals surface area contributed by atoms with E-state index in [0.29, 0.717) is 5.95 Å². The average molecular weight is 319 g/mol. The van der Waals surface area contributed by atoms with Crippen LogP contribution in [0.15, 0.2) is 48.5 Å². The molecule has 122 valence electrons. The van der Waals surface area contributed by atoms with Crippen LogP contribution in [-0.4, -0.2) is 14.8 Å². The van der Waals surface area contributed by atoms with Crippen molar-refractivity contribution < 1.29 is 0 Å². The molecule has 1 aliphatic rings. The van der Waals surface area contributed by atoms with Gasteiger partial charge in [-0.25, -0.2) is 4.68 Å². The molecule has 0 unspecified atom stereocenters. The number of benzene rings is 2. The summed E-state index contributed by atoms with van der Waals surface area (Å²) in [6.07, 6.45) is 0.905. The third-order valence-electron chi connectivity index (χ3n) is 4.65. The lowest BCUT2D eigenvalue weighted by Gasteiger charge is -2.31. The predicted molar refractivity (Wildman–Crippen MR) is 95.9 cm³/mol. The second kappa shape index (κ2) is 5.67. The van der Waals surface area contributed by atoms with Crippen molar-refractivity contribution in [3.05, 3.63) is 70.8 Å². The van der Waals surface area contributed by atoms with Gasteiger partial charge in [-0.05, 0) is 31.4 Å². The van der Waals surface area contributed by atoms with Gasteiger partial charge in [0, 0.05) is 0 Å². The number of nitrogens with one attached hydrogen (secondary N) is 1. The maximum absolute atomic E-state index is 5.84. The van der Waals surface area contributed by atoms with Crippen LogP contribution in [0.4, 0.5) is 11.9 Å². The molecule has 0 amide bonds. The number of hydrogen-bond acceptors (Lipinski definition) is 4. The van der Waals surface area contributed by atoms with Crippen molar-refractivity contribution in [3.63, 3.8) is 0 Å². The fraction of sp³-hybridized carbons (Fsp3) is 0.263. The zero-order valence-electron chi connectivity index (χ0n) is 13.9. The van der Waals surface area contributed by atoms with Gasteiger partial charge < -0.3 is 11.1 Å². The van der Waals surface area contributed by atoms with Crippen molar-refractivity contribution in [2.24, 2.45) is 0 Å². The molecule has 0 bridgehead atoms. The molecule has 24 heavy (non-hydrogen) atoms. The van der Waals surface area contributed by atoms with Gasteiger partial charge in [-0.1, -0.05) is 59.7 Å². The van der Waals surface area contributed by atoms with Gasteiger partial charge in [-0.15, -0.1) is 5.10 Å². The number of hydrogen-bond donors (Lipinski definition) is 2. The minimum atomic E-state index is 0.123. The van der Waals surface area contributed by atoms with Gasteiger partial charge in [0.25, 0.3) is 0 Å². The Hall–Kier alpha value is -2.82. The molecule has 0 radical (unpaired) electrons. The molecule has 0 saturated carbocycles. The minimum absolute atomic E-state index is 0.123. The minimum Gasteiger partial charge on any atom is -0.366 e. The summed E-state index contributed by atoms with van der Waals surface area (Å²) in [5.74, 6) is 1.04. The normalized spacial score (nSPS) is 19.6. The lowest BCUT2D eigenvalue weighted by atomic mass is 9.92. The predicted octanol–water partition coefficient (Wildman–Crippen LogP) is 3.62. The number of rotatable bonds is 2. The molecule has 4 rings (SSSR count). The number of nitrogens with zero attached hydrogens (tertiary/aromatic N) is 3. The molecule has 3 N–H and O–H groups in total. The van der Waals surface area contributed by atoms with Crippen LogP contribution < -0.4 is 11.1 Å². The summed E-state index contributed by atoms with van der Waals surface area (Å²) >= 11 is 0. The first-order valence-electron chi connectivity index (χ1n) is 8.22. The molecular formula is C19H21N5. The monoisotopic (exact) mass is 319 g/mol. The zero-order chi connectivity index (χ0) is 16.7. The molecule has 5 heteroatoms. The number of nitrogen functional groups attached to an aromatic ring is 1. The van der Waals surface area contributed by atoms with Gasteiger partial charge in [-0.3, -0.25) is 0 Å². The third-order valence-corrected chi connectivity index (χ3v) is 4.65. The molecule has 2 aromatic carbocycles. The van der Waals surface area contributed by atoms with E-state index in [1.54, 1.807) is 0 Å². The molecule has 2 atom stereocenters. The first-order chi connectivity index (χ1) is 11.6. The fourth-order valence-corrected chi connectivity index (χ4v) is 3.28. The Balaban J connectivity index is 1.74. The lowest BCUT2D eigenvalue weighted by molar-refractivity contribution is 0.431. The highest BCUT2D eigenvalue weighted by atomic mass is 15.4. The molecular weight excluding hydrogens is 298 g/mol. The summed E-state index contributed by atoms with van der Waals surface area (Å²) in [4.78, 5) is 4.36. The van der Waals surface area contributed by atoms with Gasteiger partial charge in [0.05, 0.1) is 12.1 Å². The molecule has 1 aliphatic heterocycles. The van der Waals surface area contributed by atoms with Crippen LogP contribution in [0.5, 0.6) is 0 Å². The molecule has 0 spiro atoms. The Morgan fingerprint density at radius 3 is 2.17 bits per heavy atom. The van der Waals surface area contributed by atoms with E-state index in [-0.39, 0.29) is 12.1 Å². The lowest BCUT2D eigenvalue weighted by Crippen LogP contribution is -2.28. The first-order valence-corrected chi connectivity index (χ1v) is 8.22. The quantitative estimate of drug-likeness (QED) is 0.757. The van der Waals surface area contributed by atoms with Gasteiger partial charge >= 0.3 is 0 Å². The second-order valence-electron chi connectivity index (χ2n) is 6.51. The van der Waals surface area contributed by atoms with E-state index in [9.17, 15) is 0 Å². The maximum Gasteiger partial charge on any atom is 0.241 e. The number of fused-ring (bicyclic) bond motifs is 1. The van der Waals surface area contributed by atoms with Crippen LogP contribution in [0.3, 0.4) is 0 Å². The molecule has 2 heterocycles. The van der Waals surface area contributed by atoms with Gasteiger partial charge in [-0.2, -0.15) is 4.98 Å². The standard InChI is InChI=1S/C19H21N5/c1-12-3-7-14(8-4-12)16-11-17(15-9-5-13(2)6-10-15)24-19(21-16)22-18(20)23-24/h3-10,16-17H,11H2,1-2H3,(H3,20,21,22,23)/t16-,17+/m0/s1. The summed E-state index contributed by atoms with van der Waals surface area (Å²) in [7, 11) is 0. The van der Waals surface area contributed by atoms with Crippen LogP contribution in [0.2, 0.25) is 0 Å². The number of nitrogens with two attached hydrogens (primary N) is 1. The topological polar surface area (TPSA) is 68.8 Å². The molecule has 0 aliphatic carbocycles. The Labute approximate surface area is 141 Å². The fourth-order valence-electron chi connectivity index (χ4n) is 3.28. The summed E-state index contributed by atoms with van der Waals surface area (Å²) in [5.41, 5.74) is 10.8. The van der Waals surface area contributed by atoms with E-state index in [0.717, 1.165) is 12.4 Å². The highest BCUT2D eigenvalue weighted by Gasteiger charge is 2.30. The second-order valence-corrected chi connectivity index (χ2v) is 6.51. The van der Waals surface area contributed by atoms with E-state index in [4.69, 9.17) is 5.73 Å². The van der Waals surface area contributed by atoms with Crippen LogP contribution in [0.1, 0.15) is 40.8 Å². The van der Waals surface area contributed by atoms with Crippen molar-refractivity contribution in [2.45, 2.75) is 32.4 Å².